The van der Waals surface area contributed by atoms with Crippen LogP contribution in [-0.4, -0.2) is 12.2 Å². The summed E-state index contributed by atoms with van der Waals surface area (Å²) in [6, 6.07) is 3.33. The predicted molar refractivity (Wildman–Crippen MR) is 43.9 cm³/mol. The lowest BCUT2D eigenvalue weighted by molar-refractivity contribution is 0.129. The van der Waals surface area contributed by atoms with Crippen molar-refractivity contribution < 1.29 is 13.9 Å². The molecular weight excluding hydrogens is 158 g/mol. The van der Waals surface area contributed by atoms with E-state index in [9.17, 15) is 4.79 Å². The van der Waals surface area contributed by atoms with Gasteiger partial charge in [0.05, 0.1) is 12.4 Å². The van der Waals surface area contributed by atoms with Crippen molar-refractivity contribution in [2.45, 2.75) is 20.0 Å². The molecule has 0 aliphatic heterocycles. The SMILES string of the molecule is CC(C)OC(=O)Nc1ccco1. The van der Waals surface area contributed by atoms with Crippen LogP contribution in [0, 0.1) is 0 Å². The van der Waals surface area contributed by atoms with E-state index in [4.69, 9.17) is 9.15 Å². The number of carbonyl (C=O) groups is 1. The number of nitrogens with one attached hydrogen (secondary N) is 1. The van der Waals surface area contributed by atoms with Gasteiger partial charge in [0.1, 0.15) is 0 Å². The van der Waals surface area contributed by atoms with Crippen molar-refractivity contribution in [1.29, 1.82) is 0 Å². The maximum atomic E-state index is 10.9. The second-order valence-electron chi connectivity index (χ2n) is 2.56. The summed E-state index contributed by atoms with van der Waals surface area (Å²) in [6.45, 7) is 3.56. The largest absolute Gasteiger partial charge is 0.448 e. The zero-order valence-electron chi connectivity index (χ0n) is 7.03. The third-order valence-corrected chi connectivity index (χ3v) is 1.09. The first-order chi connectivity index (χ1) is 5.68. The van der Waals surface area contributed by atoms with Gasteiger partial charge >= 0.3 is 6.09 Å². The Kier molecular flexibility index (Phi) is 2.74. The summed E-state index contributed by atoms with van der Waals surface area (Å²) < 4.78 is 9.69. The molecule has 1 heterocycles. The molecule has 66 valence electrons. The second kappa shape index (κ2) is 3.80. The average molecular weight is 169 g/mol. The minimum Gasteiger partial charge on any atom is -0.448 e. The fourth-order valence-corrected chi connectivity index (χ4v) is 0.694. The van der Waals surface area contributed by atoms with E-state index in [1.807, 2.05) is 0 Å². The van der Waals surface area contributed by atoms with E-state index in [-0.39, 0.29) is 6.10 Å². The maximum absolute atomic E-state index is 10.9. The van der Waals surface area contributed by atoms with Gasteiger partial charge < -0.3 is 9.15 Å². The monoisotopic (exact) mass is 169 g/mol. The van der Waals surface area contributed by atoms with Crippen molar-refractivity contribution in [3.05, 3.63) is 18.4 Å². The smallest absolute Gasteiger partial charge is 0.414 e. The molecule has 0 fully saturated rings. The number of hydrogen-bond donors (Lipinski definition) is 1. The van der Waals surface area contributed by atoms with Gasteiger partial charge in [-0.15, -0.1) is 0 Å². The highest BCUT2D eigenvalue weighted by Gasteiger charge is 2.05. The Bertz CT molecular complexity index is 241. The maximum Gasteiger partial charge on any atom is 0.414 e. The number of furan rings is 1. The fourth-order valence-electron chi connectivity index (χ4n) is 0.694. The van der Waals surface area contributed by atoms with Crippen LogP contribution in [0.3, 0.4) is 0 Å². The summed E-state index contributed by atoms with van der Waals surface area (Å²) in [5, 5.41) is 2.43. The molecule has 0 atom stereocenters. The summed E-state index contributed by atoms with van der Waals surface area (Å²) in [7, 11) is 0. The van der Waals surface area contributed by atoms with Crippen LogP contribution in [0.5, 0.6) is 0 Å². The van der Waals surface area contributed by atoms with Crippen LogP contribution in [0.1, 0.15) is 13.8 Å². The lowest BCUT2D eigenvalue weighted by atomic mass is 10.5. The lowest BCUT2D eigenvalue weighted by Gasteiger charge is -2.06. The Balaban J connectivity index is 2.37. The van der Waals surface area contributed by atoms with Crippen LogP contribution < -0.4 is 5.32 Å². The molecule has 1 N–H and O–H groups in total. The third kappa shape index (κ3) is 2.65. The normalized spacial score (nSPS) is 9.92. The van der Waals surface area contributed by atoms with E-state index in [1.165, 1.54) is 6.26 Å². The molecule has 1 aromatic heterocycles. The van der Waals surface area contributed by atoms with Crippen LogP contribution in [0.2, 0.25) is 0 Å². The molecule has 0 aromatic carbocycles. The quantitative estimate of drug-likeness (QED) is 0.738. The van der Waals surface area contributed by atoms with Gasteiger partial charge in [0, 0.05) is 6.07 Å². The Labute approximate surface area is 70.5 Å². The van der Waals surface area contributed by atoms with Gasteiger partial charge in [-0.05, 0) is 19.9 Å². The number of hydrogen-bond acceptors (Lipinski definition) is 3. The van der Waals surface area contributed by atoms with E-state index in [0.29, 0.717) is 5.88 Å². The molecule has 1 aromatic rings. The second-order valence-corrected chi connectivity index (χ2v) is 2.56. The number of rotatable bonds is 2. The first-order valence-corrected chi connectivity index (χ1v) is 3.69. The molecule has 0 unspecified atom stereocenters. The highest BCUT2D eigenvalue weighted by Crippen LogP contribution is 2.07. The van der Waals surface area contributed by atoms with Gasteiger partial charge in [0.25, 0.3) is 0 Å². The van der Waals surface area contributed by atoms with Crippen LogP contribution >= 0.6 is 0 Å². The molecule has 0 aliphatic rings. The van der Waals surface area contributed by atoms with Gasteiger partial charge in [0.15, 0.2) is 0 Å². The molecule has 0 aliphatic carbocycles. The topological polar surface area (TPSA) is 51.5 Å². The molecule has 12 heavy (non-hydrogen) atoms. The molecule has 1 amide bonds. The molecular formula is C8H11NO3. The molecule has 0 saturated carbocycles. The van der Waals surface area contributed by atoms with E-state index in [1.54, 1.807) is 26.0 Å². The highest BCUT2D eigenvalue weighted by molar-refractivity contribution is 5.82. The number of anilines is 1. The molecule has 4 heteroatoms. The summed E-state index contributed by atoms with van der Waals surface area (Å²) in [5.74, 6) is 0.389. The zero-order valence-corrected chi connectivity index (χ0v) is 7.03. The standard InChI is InChI=1S/C8H11NO3/c1-6(2)12-8(10)9-7-4-3-5-11-7/h3-6H,1-2H3,(H,9,10). The Morgan fingerprint density at radius 1 is 1.67 bits per heavy atom. The first kappa shape index (κ1) is 8.64. The van der Waals surface area contributed by atoms with Crippen molar-refractivity contribution in [3.8, 4) is 0 Å². The zero-order chi connectivity index (χ0) is 8.97. The van der Waals surface area contributed by atoms with E-state index in [2.05, 4.69) is 5.32 Å². The van der Waals surface area contributed by atoms with Crippen LogP contribution in [0.25, 0.3) is 0 Å². The average Bonchev–Trinajstić information content (AvgIpc) is 2.37. The first-order valence-electron chi connectivity index (χ1n) is 3.69. The Hall–Kier alpha value is -1.45. The fraction of sp³-hybridized carbons (Fsp3) is 0.375. The van der Waals surface area contributed by atoms with Crippen LogP contribution in [-0.2, 0) is 4.74 Å². The van der Waals surface area contributed by atoms with E-state index < -0.39 is 6.09 Å². The molecule has 4 nitrogen and oxygen atoms in total. The number of carbonyl (C=O) groups excluding carboxylic acids is 1. The molecule has 1 rings (SSSR count). The molecule has 0 bridgehead atoms. The van der Waals surface area contributed by atoms with Gasteiger partial charge in [0.2, 0.25) is 5.88 Å². The number of ether oxygens (including phenoxy) is 1. The van der Waals surface area contributed by atoms with E-state index >= 15 is 0 Å². The van der Waals surface area contributed by atoms with Crippen molar-refractivity contribution in [2.24, 2.45) is 0 Å². The third-order valence-electron chi connectivity index (χ3n) is 1.09. The summed E-state index contributed by atoms with van der Waals surface area (Å²) in [4.78, 5) is 10.9. The van der Waals surface area contributed by atoms with Crippen molar-refractivity contribution in [1.82, 2.24) is 0 Å². The molecule has 0 radical (unpaired) electrons. The van der Waals surface area contributed by atoms with Gasteiger partial charge in [-0.1, -0.05) is 0 Å². The van der Waals surface area contributed by atoms with Crippen LogP contribution in [0.15, 0.2) is 22.8 Å². The van der Waals surface area contributed by atoms with Gasteiger partial charge in [-0.3, -0.25) is 5.32 Å². The van der Waals surface area contributed by atoms with Gasteiger partial charge in [-0.2, -0.15) is 0 Å². The Morgan fingerprint density at radius 3 is 2.92 bits per heavy atom. The van der Waals surface area contributed by atoms with E-state index in [0.717, 1.165) is 0 Å². The van der Waals surface area contributed by atoms with Crippen molar-refractivity contribution in [2.75, 3.05) is 5.32 Å². The number of amides is 1. The van der Waals surface area contributed by atoms with Crippen molar-refractivity contribution >= 4 is 12.0 Å². The van der Waals surface area contributed by atoms with Crippen LogP contribution in [0.4, 0.5) is 10.7 Å². The van der Waals surface area contributed by atoms with Gasteiger partial charge in [-0.25, -0.2) is 4.79 Å². The van der Waals surface area contributed by atoms with Crippen molar-refractivity contribution in [3.63, 3.8) is 0 Å². The highest BCUT2D eigenvalue weighted by atomic mass is 16.6. The summed E-state index contributed by atoms with van der Waals surface area (Å²) >= 11 is 0. The minimum absolute atomic E-state index is 0.125. The molecule has 0 spiro atoms. The predicted octanol–water partition coefficient (Wildman–Crippen LogP) is 2.24. The lowest BCUT2D eigenvalue weighted by Crippen LogP contribution is -2.17. The summed E-state index contributed by atoms with van der Waals surface area (Å²) in [5.41, 5.74) is 0. The molecule has 0 saturated heterocycles. The summed E-state index contributed by atoms with van der Waals surface area (Å²) in [6.07, 6.45) is 0.852. The Morgan fingerprint density at radius 2 is 2.42 bits per heavy atom. The minimum atomic E-state index is -0.500.